The average Bonchev–Trinajstić information content (AvgIpc) is 2.74. The summed E-state index contributed by atoms with van der Waals surface area (Å²) in [5.74, 6) is 1.72. The summed E-state index contributed by atoms with van der Waals surface area (Å²) in [5, 5.41) is 7.77. The quantitative estimate of drug-likeness (QED) is 0.531. The molecule has 0 unspecified atom stereocenters. The van der Waals surface area contributed by atoms with E-state index < -0.39 is 11.7 Å². The number of alkyl halides is 3. The molecule has 170 valence electrons. The van der Waals surface area contributed by atoms with Gasteiger partial charge in [-0.1, -0.05) is 50.8 Å². The molecule has 0 saturated heterocycles. The molecule has 1 fully saturated rings. The Bertz CT molecular complexity index is 769. The molecule has 1 aliphatic carbocycles. The van der Waals surface area contributed by atoms with Crippen molar-refractivity contribution in [2.45, 2.75) is 65.0 Å². The highest BCUT2D eigenvalue weighted by Crippen LogP contribution is 2.32. The van der Waals surface area contributed by atoms with Gasteiger partial charge in [-0.2, -0.15) is 18.4 Å². The van der Waals surface area contributed by atoms with E-state index >= 15 is 0 Å². The second-order valence-electron chi connectivity index (χ2n) is 8.81. The molecule has 0 amide bonds. The van der Waals surface area contributed by atoms with E-state index in [0.29, 0.717) is 0 Å². The molecule has 1 aromatic rings. The van der Waals surface area contributed by atoms with Crippen LogP contribution in [-0.2, 0) is 11.0 Å². The zero-order valence-electron chi connectivity index (χ0n) is 18.5. The van der Waals surface area contributed by atoms with Crippen LogP contribution in [0.15, 0.2) is 30.3 Å². The predicted octanol–water partition coefficient (Wildman–Crippen LogP) is 6.50. The van der Waals surface area contributed by atoms with Crippen molar-refractivity contribution in [3.8, 4) is 6.07 Å². The maximum Gasteiger partial charge on any atom is 0.416 e. The topological polar surface area (TPSA) is 44.1 Å². The summed E-state index contributed by atoms with van der Waals surface area (Å²) < 4.78 is 38.0. The molecule has 3 rings (SSSR count). The SMILES string of the molecule is CC(=O)CC#N.CC1CCC(CCN2CC=C(c3ccc(C(F)(F)F)cc3)CC2)CC1. The van der Waals surface area contributed by atoms with Gasteiger partial charge in [-0.3, -0.25) is 9.69 Å². The minimum absolute atomic E-state index is 0.0417. The molecule has 2 aliphatic rings. The van der Waals surface area contributed by atoms with Gasteiger partial charge in [0, 0.05) is 13.1 Å². The molecule has 6 heteroatoms. The summed E-state index contributed by atoms with van der Waals surface area (Å²) in [5.41, 5.74) is 1.53. The van der Waals surface area contributed by atoms with E-state index in [-0.39, 0.29) is 12.2 Å². The second kappa shape index (κ2) is 12.0. The molecule has 3 nitrogen and oxygen atoms in total. The summed E-state index contributed by atoms with van der Waals surface area (Å²) in [4.78, 5) is 12.3. The van der Waals surface area contributed by atoms with E-state index in [2.05, 4.69) is 17.9 Å². The first kappa shape index (κ1) is 25.1. The van der Waals surface area contributed by atoms with Crippen molar-refractivity contribution in [3.63, 3.8) is 0 Å². The van der Waals surface area contributed by atoms with Crippen molar-refractivity contribution in [2.75, 3.05) is 19.6 Å². The zero-order valence-corrected chi connectivity index (χ0v) is 18.5. The van der Waals surface area contributed by atoms with Crippen LogP contribution < -0.4 is 0 Å². The monoisotopic (exact) mass is 434 g/mol. The minimum atomic E-state index is -4.26. The van der Waals surface area contributed by atoms with Crippen molar-refractivity contribution >= 4 is 11.4 Å². The Kier molecular flexibility index (Phi) is 9.77. The van der Waals surface area contributed by atoms with Crippen molar-refractivity contribution in [3.05, 3.63) is 41.5 Å². The van der Waals surface area contributed by atoms with Gasteiger partial charge < -0.3 is 0 Å². The molecule has 0 aromatic heterocycles. The van der Waals surface area contributed by atoms with Crippen LogP contribution in [0.2, 0.25) is 0 Å². The predicted molar refractivity (Wildman–Crippen MR) is 117 cm³/mol. The van der Waals surface area contributed by atoms with Gasteiger partial charge in [-0.15, -0.1) is 0 Å². The highest BCUT2D eigenvalue weighted by atomic mass is 19.4. The van der Waals surface area contributed by atoms with Crippen molar-refractivity contribution in [1.29, 1.82) is 5.26 Å². The van der Waals surface area contributed by atoms with Crippen LogP contribution in [0.25, 0.3) is 5.57 Å². The third-order valence-corrected chi connectivity index (χ3v) is 6.19. The molecular weight excluding hydrogens is 401 g/mol. The summed E-state index contributed by atoms with van der Waals surface area (Å²) in [7, 11) is 0. The lowest BCUT2D eigenvalue weighted by Crippen LogP contribution is -2.31. The van der Waals surface area contributed by atoms with Crippen LogP contribution in [0.5, 0.6) is 0 Å². The number of Topliss-reactive ketones (excluding diaryl/α,β-unsaturated/α-hetero) is 1. The number of carbonyl (C=O) groups is 1. The number of hydrogen-bond acceptors (Lipinski definition) is 3. The van der Waals surface area contributed by atoms with Gasteiger partial charge in [0.05, 0.1) is 18.1 Å². The standard InChI is InChI=1S/C21H28F3N.C4H5NO/c1-16-2-4-17(5-3-16)10-13-25-14-11-19(12-15-25)18-6-8-20(9-7-18)21(22,23)24;1-4(6)2-3-5/h6-9,11,16-17H,2-5,10,12-15H2,1H3;2H2,1H3. The van der Waals surface area contributed by atoms with Gasteiger partial charge in [-0.25, -0.2) is 0 Å². The van der Waals surface area contributed by atoms with Crippen LogP contribution >= 0.6 is 0 Å². The van der Waals surface area contributed by atoms with Gasteiger partial charge in [-0.05, 0) is 61.4 Å². The first-order valence-corrected chi connectivity index (χ1v) is 11.1. The van der Waals surface area contributed by atoms with Crippen molar-refractivity contribution < 1.29 is 18.0 Å². The van der Waals surface area contributed by atoms with Crippen molar-refractivity contribution in [2.24, 2.45) is 11.8 Å². The van der Waals surface area contributed by atoms with E-state index in [0.717, 1.165) is 43.5 Å². The van der Waals surface area contributed by atoms with Crippen molar-refractivity contribution in [1.82, 2.24) is 4.90 Å². The number of nitrogens with zero attached hydrogens (tertiary/aromatic N) is 2. The maximum atomic E-state index is 12.7. The first-order valence-electron chi connectivity index (χ1n) is 11.1. The summed E-state index contributed by atoms with van der Waals surface area (Å²) >= 11 is 0. The molecule has 0 radical (unpaired) electrons. The lowest BCUT2D eigenvalue weighted by molar-refractivity contribution is -0.137. The molecule has 0 N–H and O–H groups in total. The number of carbonyl (C=O) groups excluding carboxylic acids is 1. The van der Waals surface area contributed by atoms with E-state index in [1.807, 2.05) is 0 Å². The summed E-state index contributed by atoms with van der Waals surface area (Å²) in [6.07, 6.45) is 5.69. The molecule has 1 heterocycles. The molecule has 1 saturated carbocycles. The molecule has 31 heavy (non-hydrogen) atoms. The minimum Gasteiger partial charge on any atom is -0.299 e. The molecule has 0 atom stereocenters. The largest absolute Gasteiger partial charge is 0.416 e. The molecule has 1 aromatic carbocycles. The number of rotatable bonds is 5. The zero-order chi connectivity index (χ0) is 22.9. The molecule has 0 spiro atoms. The van der Waals surface area contributed by atoms with Crippen LogP contribution in [-0.4, -0.2) is 30.3 Å². The van der Waals surface area contributed by atoms with E-state index in [1.54, 1.807) is 18.2 Å². The lowest BCUT2D eigenvalue weighted by atomic mass is 9.81. The fourth-order valence-electron chi connectivity index (χ4n) is 4.14. The number of ketones is 1. The first-order chi connectivity index (χ1) is 14.7. The van der Waals surface area contributed by atoms with Gasteiger partial charge >= 0.3 is 6.18 Å². The van der Waals surface area contributed by atoms with Crippen LogP contribution in [0.4, 0.5) is 13.2 Å². The fraction of sp³-hybridized carbons (Fsp3) is 0.600. The summed E-state index contributed by atoms with van der Waals surface area (Å²) in [6.45, 7) is 6.82. The number of hydrogen-bond donors (Lipinski definition) is 0. The highest BCUT2D eigenvalue weighted by molar-refractivity contribution is 5.77. The van der Waals surface area contributed by atoms with Crippen LogP contribution in [0.3, 0.4) is 0 Å². The van der Waals surface area contributed by atoms with Gasteiger partial charge in [0.25, 0.3) is 0 Å². The normalized spacial score (nSPS) is 22.0. The van der Waals surface area contributed by atoms with Gasteiger partial charge in [0.15, 0.2) is 0 Å². The number of nitriles is 1. The maximum absolute atomic E-state index is 12.7. The lowest BCUT2D eigenvalue weighted by Gasteiger charge is -2.30. The second-order valence-corrected chi connectivity index (χ2v) is 8.81. The van der Waals surface area contributed by atoms with Gasteiger partial charge in [0.1, 0.15) is 5.78 Å². The number of benzene rings is 1. The van der Waals surface area contributed by atoms with E-state index in [9.17, 15) is 18.0 Å². The number of halogens is 3. The van der Waals surface area contributed by atoms with E-state index in [4.69, 9.17) is 5.26 Å². The molecule has 1 aliphatic heterocycles. The highest BCUT2D eigenvalue weighted by Gasteiger charge is 2.30. The summed E-state index contributed by atoms with van der Waals surface area (Å²) in [6, 6.07) is 7.30. The molecular formula is C25H33F3N2O. The Morgan fingerprint density at radius 2 is 1.81 bits per heavy atom. The Balaban J connectivity index is 0.000000501. The third kappa shape index (κ3) is 8.86. The Morgan fingerprint density at radius 1 is 1.16 bits per heavy atom. The third-order valence-electron chi connectivity index (χ3n) is 6.19. The van der Waals surface area contributed by atoms with Crippen LogP contribution in [0.1, 0.15) is 69.9 Å². The molecule has 0 bridgehead atoms. The van der Waals surface area contributed by atoms with E-state index in [1.165, 1.54) is 56.7 Å². The smallest absolute Gasteiger partial charge is 0.299 e. The van der Waals surface area contributed by atoms with Crippen LogP contribution in [0, 0.1) is 23.2 Å². The average molecular weight is 435 g/mol. The van der Waals surface area contributed by atoms with Gasteiger partial charge in [0.2, 0.25) is 0 Å². The Labute approximate surface area is 183 Å². The Morgan fingerprint density at radius 3 is 2.26 bits per heavy atom. The fourth-order valence-corrected chi connectivity index (χ4v) is 4.14. The Hall–Kier alpha value is -2.13.